The molecule has 0 aliphatic heterocycles. The van der Waals surface area contributed by atoms with Gasteiger partial charge in [0.25, 0.3) is 0 Å². The number of furan rings is 1. The topological polar surface area (TPSA) is 63.0 Å². The van der Waals surface area contributed by atoms with Gasteiger partial charge in [0.05, 0.1) is 12.8 Å². The normalized spacial score (nSPS) is 10.5. The molecule has 0 spiro atoms. The molecular formula is C17H17ClN4O. The van der Waals surface area contributed by atoms with Crippen molar-refractivity contribution in [2.75, 3.05) is 10.6 Å². The van der Waals surface area contributed by atoms with Crippen molar-refractivity contribution < 1.29 is 4.42 Å². The highest BCUT2D eigenvalue weighted by atomic mass is 35.5. The number of anilines is 2. The third kappa shape index (κ3) is 4.47. The van der Waals surface area contributed by atoms with Crippen molar-refractivity contribution in [2.45, 2.75) is 20.0 Å². The molecule has 0 saturated heterocycles. The maximum Gasteiger partial charge on any atom is 0.225 e. The molecule has 0 amide bonds. The standard InChI is InChI=1S/C17H17ClN4O/c1-12-9-16(19-10-13-4-6-14(18)7-5-13)22-17(21-12)20-11-15-3-2-8-23-15/h2-9H,10-11H2,1H3,(H2,19,20,21,22). The van der Waals surface area contributed by atoms with Gasteiger partial charge in [-0.1, -0.05) is 23.7 Å². The van der Waals surface area contributed by atoms with E-state index in [1.54, 1.807) is 6.26 Å². The molecule has 2 aromatic heterocycles. The Kier molecular flexibility index (Phi) is 4.78. The molecule has 0 bridgehead atoms. The molecule has 0 unspecified atom stereocenters. The molecule has 2 N–H and O–H groups in total. The summed E-state index contributed by atoms with van der Waals surface area (Å²) >= 11 is 5.89. The largest absolute Gasteiger partial charge is 0.467 e. The van der Waals surface area contributed by atoms with Gasteiger partial charge in [0.2, 0.25) is 5.95 Å². The van der Waals surface area contributed by atoms with E-state index in [0.717, 1.165) is 27.9 Å². The van der Waals surface area contributed by atoms with Gasteiger partial charge in [0.15, 0.2) is 0 Å². The van der Waals surface area contributed by atoms with E-state index in [1.807, 2.05) is 49.4 Å². The van der Waals surface area contributed by atoms with Gasteiger partial charge < -0.3 is 15.1 Å². The van der Waals surface area contributed by atoms with Crippen molar-refractivity contribution in [2.24, 2.45) is 0 Å². The van der Waals surface area contributed by atoms with Gasteiger partial charge in [-0.05, 0) is 36.8 Å². The highest BCUT2D eigenvalue weighted by Gasteiger charge is 2.03. The fourth-order valence-corrected chi connectivity index (χ4v) is 2.24. The summed E-state index contributed by atoms with van der Waals surface area (Å²) in [7, 11) is 0. The van der Waals surface area contributed by atoms with Gasteiger partial charge in [-0.25, -0.2) is 4.98 Å². The zero-order valence-corrected chi connectivity index (χ0v) is 13.5. The molecular weight excluding hydrogens is 312 g/mol. The van der Waals surface area contributed by atoms with Crippen LogP contribution in [0.4, 0.5) is 11.8 Å². The second-order valence-corrected chi connectivity index (χ2v) is 5.57. The van der Waals surface area contributed by atoms with E-state index in [9.17, 15) is 0 Å². The highest BCUT2D eigenvalue weighted by molar-refractivity contribution is 6.30. The SMILES string of the molecule is Cc1cc(NCc2ccc(Cl)cc2)nc(NCc2ccco2)n1. The number of hydrogen-bond acceptors (Lipinski definition) is 5. The van der Waals surface area contributed by atoms with E-state index in [0.29, 0.717) is 19.0 Å². The average molecular weight is 329 g/mol. The molecule has 1 aromatic carbocycles. The van der Waals surface area contributed by atoms with E-state index in [4.69, 9.17) is 16.0 Å². The molecule has 0 aliphatic carbocycles. The van der Waals surface area contributed by atoms with Crippen molar-refractivity contribution in [3.05, 3.63) is 70.8 Å². The lowest BCUT2D eigenvalue weighted by molar-refractivity contribution is 0.517. The number of benzene rings is 1. The molecule has 0 radical (unpaired) electrons. The first-order chi connectivity index (χ1) is 11.2. The number of nitrogens with one attached hydrogen (secondary N) is 2. The van der Waals surface area contributed by atoms with Crippen LogP contribution in [0, 0.1) is 6.92 Å². The molecule has 3 rings (SSSR count). The summed E-state index contributed by atoms with van der Waals surface area (Å²) in [4.78, 5) is 8.84. The lowest BCUT2D eigenvalue weighted by atomic mass is 10.2. The Hall–Kier alpha value is -2.53. The summed E-state index contributed by atoms with van der Waals surface area (Å²) in [5.74, 6) is 2.18. The quantitative estimate of drug-likeness (QED) is 0.708. The van der Waals surface area contributed by atoms with E-state index < -0.39 is 0 Å². The average Bonchev–Trinajstić information content (AvgIpc) is 3.05. The molecule has 0 aliphatic rings. The fraction of sp³-hybridized carbons (Fsp3) is 0.176. The van der Waals surface area contributed by atoms with Gasteiger partial charge in [0.1, 0.15) is 11.6 Å². The smallest absolute Gasteiger partial charge is 0.225 e. The van der Waals surface area contributed by atoms with Crippen LogP contribution in [-0.2, 0) is 13.1 Å². The van der Waals surface area contributed by atoms with Crippen molar-refractivity contribution in [3.8, 4) is 0 Å². The van der Waals surface area contributed by atoms with Crippen LogP contribution >= 0.6 is 11.6 Å². The Morgan fingerprint density at radius 2 is 1.87 bits per heavy atom. The van der Waals surface area contributed by atoms with E-state index in [1.165, 1.54) is 0 Å². The van der Waals surface area contributed by atoms with Gasteiger partial charge in [-0.3, -0.25) is 0 Å². The zero-order chi connectivity index (χ0) is 16.1. The number of halogens is 1. The molecule has 6 heteroatoms. The predicted octanol–water partition coefficient (Wildman–Crippen LogP) is 4.26. The van der Waals surface area contributed by atoms with Crippen LogP contribution in [-0.4, -0.2) is 9.97 Å². The lowest BCUT2D eigenvalue weighted by Gasteiger charge is -2.09. The Morgan fingerprint density at radius 1 is 1.04 bits per heavy atom. The molecule has 2 heterocycles. The number of nitrogens with zero attached hydrogens (tertiary/aromatic N) is 2. The minimum absolute atomic E-state index is 0.549. The number of rotatable bonds is 6. The van der Waals surface area contributed by atoms with Crippen molar-refractivity contribution in [3.63, 3.8) is 0 Å². The molecule has 0 atom stereocenters. The fourth-order valence-electron chi connectivity index (χ4n) is 2.11. The van der Waals surface area contributed by atoms with E-state index >= 15 is 0 Å². The van der Waals surface area contributed by atoms with Gasteiger partial charge in [-0.2, -0.15) is 4.98 Å². The second-order valence-electron chi connectivity index (χ2n) is 5.13. The molecule has 3 aromatic rings. The van der Waals surface area contributed by atoms with Gasteiger partial charge in [-0.15, -0.1) is 0 Å². The van der Waals surface area contributed by atoms with Crippen LogP contribution in [0.1, 0.15) is 17.0 Å². The van der Waals surface area contributed by atoms with Gasteiger partial charge in [0, 0.05) is 23.3 Å². The van der Waals surface area contributed by atoms with Crippen molar-refractivity contribution in [1.29, 1.82) is 0 Å². The summed E-state index contributed by atoms with van der Waals surface area (Å²) in [6.45, 7) is 3.16. The minimum atomic E-state index is 0.549. The summed E-state index contributed by atoms with van der Waals surface area (Å²) < 4.78 is 5.29. The number of aryl methyl sites for hydroxylation is 1. The van der Waals surface area contributed by atoms with Gasteiger partial charge >= 0.3 is 0 Å². The first-order valence-electron chi connectivity index (χ1n) is 7.29. The van der Waals surface area contributed by atoms with Crippen molar-refractivity contribution in [1.82, 2.24) is 9.97 Å². The third-order valence-electron chi connectivity index (χ3n) is 3.24. The Bertz CT molecular complexity index is 757. The molecule has 0 saturated carbocycles. The van der Waals surface area contributed by atoms with Crippen LogP contribution < -0.4 is 10.6 Å². The second kappa shape index (κ2) is 7.15. The molecule has 5 nitrogen and oxygen atoms in total. The number of aromatic nitrogens is 2. The Labute approximate surface area is 139 Å². The summed E-state index contributed by atoms with van der Waals surface area (Å²) in [5, 5.41) is 7.19. The maximum atomic E-state index is 5.89. The van der Waals surface area contributed by atoms with E-state index in [-0.39, 0.29) is 0 Å². The Balaban J connectivity index is 1.63. The van der Waals surface area contributed by atoms with Crippen LogP contribution in [0.25, 0.3) is 0 Å². The first kappa shape index (κ1) is 15.4. The highest BCUT2D eigenvalue weighted by Crippen LogP contribution is 2.14. The van der Waals surface area contributed by atoms with Crippen LogP contribution in [0.15, 0.2) is 53.1 Å². The lowest BCUT2D eigenvalue weighted by Crippen LogP contribution is -2.07. The minimum Gasteiger partial charge on any atom is -0.467 e. The third-order valence-corrected chi connectivity index (χ3v) is 3.49. The van der Waals surface area contributed by atoms with Crippen LogP contribution in [0.2, 0.25) is 5.02 Å². The molecule has 118 valence electrons. The summed E-state index contributed by atoms with van der Waals surface area (Å²) in [6.07, 6.45) is 1.65. The monoisotopic (exact) mass is 328 g/mol. The first-order valence-corrected chi connectivity index (χ1v) is 7.67. The van der Waals surface area contributed by atoms with Crippen LogP contribution in [0.3, 0.4) is 0 Å². The predicted molar refractivity (Wildman–Crippen MR) is 91.6 cm³/mol. The number of hydrogen-bond donors (Lipinski definition) is 2. The van der Waals surface area contributed by atoms with E-state index in [2.05, 4.69) is 20.6 Å². The Morgan fingerprint density at radius 3 is 2.61 bits per heavy atom. The summed E-state index contributed by atoms with van der Waals surface area (Å²) in [5.41, 5.74) is 2.02. The molecule has 23 heavy (non-hydrogen) atoms. The van der Waals surface area contributed by atoms with Crippen LogP contribution in [0.5, 0.6) is 0 Å². The zero-order valence-electron chi connectivity index (χ0n) is 12.7. The summed E-state index contributed by atoms with van der Waals surface area (Å²) in [6, 6.07) is 13.4. The maximum absolute atomic E-state index is 5.89. The molecule has 0 fully saturated rings. The van der Waals surface area contributed by atoms with Crippen molar-refractivity contribution >= 4 is 23.4 Å².